The van der Waals surface area contributed by atoms with Crippen molar-refractivity contribution in [2.45, 2.75) is 39.0 Å². The lowest BCUT2D eigenvalue weighted by molar-refractivity contribution is 0.258. The van der Waals surface area contributed by atoms with Gasteiger partial charge in [0.05, 0.1) is 19.6 Å². The molecule has 0 atom stereocenters. The van der Waals surface area contributed by atoms with Crippen LogP contribution in [0.5, 0.6) is 11.5 Å². The normalized spacial score (nSPS) is 16.5. The van der Waals surface area contributed by atoms with E-state index in [1.54, 1.807) is 14.2 Å². The number of anilines is 1. The second-order valence-corrected chi connectivity index (χ2v) is 9.78. The lowest BCUT2D eigenvalue weighted by Crippen LogP contribution is -2.47. The van der Waals surface area contributed by atoms with Gasteiger partial charge >= 0.3 is 0 Å². The van der Waals surface area contributed by atoms with Gasteiger partial charge in [0.25, 0.3) is 0 Å². The summed E-state index contributed by atoms with van der Waals surface area (Å²) >= 11 is 1.88. The maximum atomic E-state index is 5.50. The highest BCUT2D eigenvalue weighted by molar-refractivity contribution is 7.19. The van der Waals surface area contributed by atoms with E-state index in [0.29, 0.717) is 6.42 Å². The Hall–Kier alpha value is -2.38. The van der Waals surface area contributed by atoms with Crippen LogP contribution in [-0.4, -0.2) is 61.8 Å². The Kier molecular flexibility index (Phi) is 6.20. The molecule has 7 heteroatoms. The molecule has 3 aromatic rings. The summed E-state index contributed by atoms with van der Waals surface area (Å²) in [6.45, 7) is 7.73. The molecule has 0 spiro atoms. The number of rotatable bonds is 7. The standard InChI is InChI=1S/C25H32N4O2S/c1-4-10-28-11-13-29(14-12-28)24-23-18-6-5-7-21(18)32-25(23)27-22(26-24)16-17-8-9-19(30-2)20(15-17)31-3/h8-9,15H,4-7,10-14,16H2,1-3H3. The van der Waals surface area contributed by atoms with Crippen LogP contribution >= 0.6 is 11.3 Å². The molecular weight excluding hydrogens is 420 g/mol. The number of thiophene rings is 1. The second kappa shape index (κ2) is 9.24. The molecule has 2 aromatic heterocycles. The number of nitrogens with zero attached hydrogens (tertiary/aromatic N) is 4. The fourth-order valence-corrected chi connectivity index (χ4v) is 6.27. The molecule has 1 aliphatic carbocycles. The summed E-state index contributed by atoms with van der Waals surface area (Å²) in [7, 11) is 3.34. The quantitative estimate of drug-likeness (QED) is 0.532. The summed E-state index contributed by atoms with van der Waals surface area (Å²) in [5.41, 5.74) is 2.64. The zero-order valence-corrected chi connectivity index (χ0v) is 20.1. The third-order valence-electron chi connectivity index (χ3n) is 6.61. The number of piperazine rings is 1. The van der Waals surface area contributed by atoms with E-state index in [2.05, 4.69) is 22.8 Å². The molecule has 5 rings (SSSR count). The van der Waals surface area contributed by atoms with Crippen LogP contribution in [0, 0.1) is 0 Å². The lowest BCUT2D eigenvalue weighted by atomic mass is 10.1. The third-order valence-corrected chi connectivity index (χ3v) is 7.80. The summed E-state index contributed by atoms with van der Waals surface area (Å²) in [5.74, 6) is 3.53. The van der Waals surface area contributed by atoms with Crippen molar-refractivity contribution < 1.29 is 9.47 Å². The number of ether oxygens (including phenoxy) is 2. The SMILES string of the molecule is CCCN1CCN(c2nc(Cc3ccc(OC)c(OC)c3)nc3sc4c(c23)CCC4)CC1. The van der Waals surface area contributed by atoms with E-state index < -0.39 is 0 Å². The highest BCUT2D eigenvalue weighted by Crippen LogP contribution is 2.41. The van der Waals surface area contributed by atoms with Crippen LogP contribution in [0.4, 0.5) is 5.82 Å². The molecule has 0 bridgehead atoms. The molecule has 0 unspecified atom stereocenters. The van der Waals surface area contributed by atoms with Gasteiger partial charge in [-0.1, -0.05) is 13.0 Å². The summed E-state index contributed by atoms with van der Waals surface area (Å²) in [4.78, 5) is 17.9. The number of methoxy groups -OCH3 is 2. The Labute approximate surface area is 194 Å². The molecule has 32 heavy (non-hydrogen) atoms. The first kappa shape index (κ1) is 21.5. The van der Waals surface area contributed by atoms with Gasteiger partial charge in [0.1, 0.15) is 16.5 Å². The molecule has 170 valence electrons. The maximum Gasteiger partial charge on any atom is 0.161 e. The van der Waals surface area contributed by atoms with Crippen molar-refractivity contribution in [3.05, 3.63) is 40.0 Å². The molecule has 3 heterocycles. The van der Waals surface area contributed by atoms with Gasteiger partial charge in [-0.15, -0.1) is 11.3 Å². The molecule has 0 radical (unpaired) electrons. The van der Waals surface area contributed by atoms with Crippen molar-refractivity contribution in [3.63, 3.8) is 0 Å². The van der Waals surface area contributed by atoms with Crippen LogP contribution in [0.2, 0.25) is 0 Å². The van der Waals surface area contributed by atoms with Gasteiger partial charge in [0.15, 0.2) is 11.5 Å². The molecule has 6 nitrogen and oxygen atoms in total. The zero-order valence-electron chi connectivity index (χ0n) is 19.3. The Morgan fingerprint density at radius 3 is 2.56 bits per heavy atom. The van der Waals surface area contributed by atoms with E-state index in [-0.39, 0.29) is 0 Å². The number of aromatic nitrogens is 2. The van der Waals surface area contributed by atoms with Gasteiger partial charge in [-0.2, -0.15) is 0 Å². The molecule has 1 aliphatic heterocycles. The Morgan fingerprint density at radius 1 is 1.00 bits per heavy atom. The number of aryl methyl sites for hydroxylation is 2. The maximum absolute atomic E-state index is 5.50. The number of benzene rings is 1. The topological polar surface area (TPSA) is 50.7 Å². The predicted molar refractivity (Wildman–Crippen MR) is 131 cm³/mol. The van der Waals surface area contributed by atoms with Gasteiger partial charge in [-0.3, -0.25) is 4.90 Å². The Bertz CT molecular complexity index is 1110. The fourth-order valence-electron chi connectivity index (χ4n) is 5.00. The van der Waals surface area contributed by atoms with E-state index in [4.69, 9.17) is 19.4 Å². The highest BCUT2D eigenvalue weighted by atomic mass is 32.1. The van der Waals surface area contributed by atoms with Crippen molar-refractivity contribution in [2.24, 2.45) is 0 Å². The van der Waals surface area contributed by atoms with Crippen LogP contribution in [0.15, 0.2) is 18.2 Å². The molecule has 1 saturated heterocycles. The Balaban J connectivity index is 1.50. The molecular formula is C25H32N4O2S. The van der Waals surface area contributed by atoms with Crippen molar-refractivity contribution in [1.82, 2.24) is 14.9 Å². The third kappa shape index (κ3) is 4.04. The minimum atomic E-state index is 0.682. The first-order valence-electron chi connectivity index (χ1n) is 11.7. The van der Waals surface area contributed by atoms with Gasteiger partial charge in [-0.25, -0.2) is 9.97 Å². The zero-order chi connectivity index (χ0) is 22.1. The molecule has 0 saturated carbocycles. The van der Waals surface area contributed by atoms with Crippen molar-refractivity contribution in [2.75, 3.05) is 51.8 Å². The van der Waals surface area contributed by atoms with Crippen LogP contribution in [0.25, 0.3) is 10.2 Å². The van der Waals surface area contributed by atoms with Crippen LogP contribution in [0.1, 0.15) is 41.6 Å². The fraction of sp³-hybridized carbons (Fsp3) is 0.520. The Morgan fingerprint density at radius 2 is 1.81 bits per heavy atom. The minimum absolute atomic E-state index is 0.682. The average molecular weight is 453 g/mol. The summed E-state index contributed by atoms with van der Waals surface area (Å²) in [5, 5.41) is 1.32. The van der Waals surface area contributed by atoms with Crippen LogP contribution in [0.3, 0.4) is 0 Å². The van der Waals surface area contributed by atoms with E-state index in [0.717, 1.165) is 66.1 Å². The van der Waals surface area contributed by atoms with E-state index >= 15 is 0 Å². The van der Waals surface area contributed by atoms with E-state index in [9.17, 15) is 0 Å². The van der Waals surface area contributed by atoms with Crippen molar-refractivity contribution in [3.8, 4) is 11.5 Å². The molecule has 1 aromatic carbocycles. The number of fused-ring (bicyclic) bond motifs is 3. The van der Waals surface area contributed by atoms with Crippen LogP contribution < -0.4 is 14.4 Å². The predicted octanol–water partition coefficient (Wildman–Crippen LogP) is 4.32. The van der Waals surface area contributed by atoms with Gasteiger partial charge in [0.2, 0.25) is 0 Å². The average Bonchev–Trinajstić information content (AvgIpc) is 3.40. The monoisotopic (exact) mass is 452 g/mol. The number of hydrogen-bond acceptors (Lipinski definition) is 7. The first-order chi connectivity index (χ1) is 15.7. The highest BCUT2D eigenvalue weighted by Gasteiger charge is 2.26. The molecule has 1 fully saturated rings. The van der Waals surface area contributed by atoms with Crippen molar-refractivity contribution >= 4 is 27.4 Å². The van der Waals surface area contributed by atoms with Gasteiger partial charge < -0.3 is 14.4 Å². The molecule has 0 N–H and O–H groups in total. The largest absolute Gasteiger partial charge is 0.493 e. The van der Waals surface area contributed by atoms with Crippen LogP contribution in [-0.2, 0) is 19.3 Å². The number of hydrogen-bond donors (Lipinski definition) is 0. The molecule has 2 aliphatic rings. The van der Waals surface area contributed by atoms with Gasteiger partial charge in [0, 0.05) is 37.5 Å². The minimum Gasteiger partial charge on any atom is -0.493 e. The summed E-state index contributed by atoms with van der Waals surface area (Å²) < 4.78 is 10.9. The van der Waals surface area contributed by atoms with E-state index in [1.165, 1.54) is 41.6 Å². The van der Waals surface area contributed by atoms with E-state index in [1.807, 2.05) is 23.5 Å². The summed E-state index contributed by atoms with van der Waals surface area (Å²) in [6.07, 6.45) is 5.50. The lowest BCUT2D eigenvalue weighted by Gasteiger charge is -2.35. The summed E-state index contributed by atoms with van der Waals surface area (Å²) in [6, 6.07) is 6.07. The molecule has 0 amide bonds. The first-order valence-corrected chi connectivity index (χ1v) is 12.5. The second-order valence-electron chi connectivity index (χ2n) is 8.70. The smallest absolute Gasteiger partial charge is 0.161 e. The van der Waals surface area contributed by atoms with Gasteiger partial charge in [-0.05, 0) is 55.5 Å². The van der Waals surface area contributed by atoms with Crippen molar-refractivity contribution in [1.29, 1.82) is 0 Å².